The third kappa shape index (κ3) is 6.68. The highest BCUT2D eigenvalue weighted by atomic mass is 16.5. The van der Waals surface area contributed by atoms with Crippen molar-refractivity contribution >= 4 is 17.8 Å². The molecule has 1 fully saturated rings. The monoisotopic (exact) mass is 562 g/mol. The number of aliphatic imine (C=N–C) groups is 1. The third-order valence-corrected chi connectivity index (χ3v) is 8.17. The number of carbonyl (C=O) groups is 2. The van der Waals surface area contributed by atoms with Gasteiger partial charge in [0.25, 0.3) is 0 Å². The first-order valence-corrected chi connectivity index (χ1v) is 15.0. The minimum atomic E-state index is -0.395. The zero-order chi connectivity index (χ0) is 29.9. The Morgan fingerprint density at radius 1 is 1.17 bits per heavy atom. The lowest BCUT2D eigenvalue weighted by atomic mass is 9.88. The minimum Gasteiger partial charge on any atom is -0.493 e. The molecule has 4 atom stereocenters. The second kappa shape index (κ2) is 12.5. The van der Waals surface area contributed by atoms with Crippen LogP contribution < -0.4 is 15.8 Å². The second-order valence-corrected chi connectivity index (χ2v) is 12.0. The van der Waals surface area contributed by atoms with Gasteiger partial charge in [-0.25, -0.2) is 4.99 Å². The van der Waals surface area contributed by atoms with Crippen molar-refractivity contribution in [2.45, 2.75) is 104 Å². The fourth-order valence-electron chi connectivity index (χ4n) is 6.09. The summed E-state index contributed by atoms with van der Waals surface area (Å²) >= 11 is 0. The standard InChI is InChI=1S/C31H40N4O4.C2H6/c1-18-10-12-25-20(3)28(19(2)17-38-25)35-27(36)15-22(33-30(35)32)9-7-6-8-21-11-13-26-23(14-21)24(34-29(18)37)16-31(4,5)39-26;1-2/h10-14,19,22,24,28H,3,6-9,15-17H2,1-2,4-5H3,(H2,32,33)(H,34,37);1-2H3/b18-10+,25-12+;. The zero-order valence-electron chi connectivity index (χ0n) is 25.5. The molecule has 8 heteroatoms. The van der Waals surface area contributed by atoms with E-state index < -0.39 is 5.60 Å². The maximum atomic E-state index is 13.3. The van der Waals surface area contributed by atoms with Crippen LogP contribution in [0.15, 0.2) is 58.8 Å². The molecule has 41 heavy (non-hydrogen) atoms. The molecule has 6 rings (SSSR count). The molecular weight excluding hydrogens is 516 g/mol. The van der Waals surface area contributed by atoms with Crippen LogP contribution in [0.3, 0.4) is 0 Å². The van der Waals surface area contributed by atoms with E-state index in [-0.39, 0.29) is 41.8 Å². The number of hydrogen-bond acceptors (Lipinski definition) is 6. The van der Waals surface area contributed by atoms with E-state index in [1.54, 1.807) is 24.0 Å². The molecule has 2 amide bonds. The van der Waals surface area contributed by atoms with Gasteiger partial charge in [-0.1, -0.05) is 52.0 Å². The first-order chi connectivity index (χ1) is 19.5. The van der Waals surface area contributed by atoms with Crippen molar-refractivity contribution in [2.24, 2.45) is 16.6 Å². The van der Waals surface area contributed by atoms with E-state index in [2.05, 4.69) is 24.0 Å². The second-order valence-electron chi connectivity index (χ2n) is 12.0. The summed E-state index contributed by atoms with van der Waals surface area (Å²) in [5.41, 5.74) is 9.41. The predicted octanol–water partition coefficient (Wildman–Crippen LogP) is 5.49. The van der Waals surface area contributed by atoms with E-state index in [0.29, 0.717) is 36.4 Å². The van der Waals surface area contributed by atoms with Gasteiger partial charge >= 0.3 is 0 Å². The number of ether oxygens (including phenoxy) is 2. The molecule has 4 unspecified atom stereocenters. The Kier molecular flexibility index (Phi) is 9.30. The zero-order valence-corrected chi connectivity index (χ0v) is 25.5. The Hall–Kier alpha value is -3.55. The topological polar surface area (TPSA) is 106 Å². The normalized spacial score (nSPS) is 30.5. The van der Waals surface area contributed by atoms with Crippen molar-refractivity contribution in [3.05, 3.63) is 65.0 Å². The van der Waals surface area contributed by atoms with E-state index in [4.69, 9.17) is 20.2 Å². The van der Waals surface area contributed by atoms with Gasteiger partial charge in [0, 0.05) is 35.5 Å². The number of fused-ring (bicyclic) bond motifs is 7. The largest absolute Gasteiger partial charge is 0.493 e. The SMILES string of the molecule is C=C1/C2=C\C=C(/C)C(=O)NC3CC(C)(C)Oc4ccc(cc43)CCCCC3CC(=O)N(C(N)=N3)C1C(C)CO2.CC. The van der Waals surface area contributed by atoms with Gasteiger partial charge in [-0.3, -0.25) is 14.5 Å². The average molecular weight is 563 g/mol. The molecule has 5 heterocycles. The summed E-state index contributed by atoms with van der Waals surface area (Å²) in [6.45, 7) is 16.6. The van der Waals surface area contributed by atoms with Crippen molar-refractivity contribution in [1.82, 2.24) is 10.2 Å². The molecule has 0 aromatic heterocycles. The molecule has 3 N–H and O–H groups in total. The summed E-state index contributed by atoms with van der Waals surface area (Å²) in [5, 5.41) is 3.24. The van der Waals surface area contributed by atoms with Gasteiger partial charge in [-0.15, -0.1) is 0 Å². The van der Waals surface area contributed by atoms with E-state index in [1.807, 2.05) is 40.7 Å². The Labute approximate surface area is 244 Å². The molecule has 0 aliphatic carbocycles. The number of guanidine groups is 1. The molecule has 5 aliphatic rings. The molecular formula is C33H46N4O4. The first-order valence-electron chi connectivity index (χ1n) is 15.0. The first kappa shape index (κ1) is 30.4. The van der Waals surface area contributed by atoms with Crippen LogP contribution in [-0.2, 0) is 20.7 Å². The van der Waals surface area contributed by atoms with Crippen molar-refractivity contribution in [3.63, 3.8) is 0 Å². The predicted molar refractivity (Wildman–Crippen MR) is 162 cm³/mol. The number of nitrogens with two attached hydrogens (primary N) is 1. The van der Waals surface area contributed by atoms with Gasteiger partial charge in [0.2, 0.25) is 11.8 Å². The number of aryl methyl sites for hydroxylation is 1. The van der Waals surface area contributed by atoms with Crippen LogP contribution in [0, 0.1) is 5.92 Å². The highest BCUT2D eigenvalue weighted by molar-refractivity contribution is 5.99. The molecule has 0 radical (unpaired) electrons. The van der Waals surface area contributed by atoms with Gasteiger partial charge in [-0.2, -0.15) is 0 Å². The van der Waals surface area contributed by atoms with Crippen molar-refractivity contribution in [1.29, 1.82) is 0 Å². The molecule has 5 aliphatic heterocycles. The highest BCUT2D eigenvalue weighted by Gasteiger charge is 2.40. The molecule has 0 spiro atoms. The minimum absolute atomic E-state index is 0.00443. The van der Waals surface area contributed by atoms with Crippen molar-refractivity contribution in [2.75, 3.05) is 6.61 Å². The van der Waals surface area contributed by atoms with Gasteiger partial charge in [0.05, 0.1) is 24.7 Å². The van der Waals surface area contributed by atoms with Crippen LogP contribution in [0.4, 0.5) is 0 Å². The maximum Gasteiger partial charge on any atom is 0.247 e. The van der Waals surface area contributed by atoms with Crippen LogP contribution in [0.1, 0.15) is 90.8 Å². The number of hydrogen-bond donors (Lipinski definition) is 2. The quantitative estimate of drug-likeness (QED) is 0.435. The number of amides is 2. The Morgan fingerprint density at radius 3 is 2.66 bits per heavy atom. The molecule has 222 valence electrons. The van der Waals surface area contributed by atoms with Crippen molar-refractivity contribution in [3.8, 4) is 5.75 Å². The molecule has 1 aromatic carbocycles. The summed E-state index contributed by atoms with van der Waals surface area (Å²) < 4.78 is 12.2. The summed E-state index contributed by atoms with van der Waals surface area (Å²) in [6, 6.07) is 5.68. The Bertz CT molecular complexity index is 1280. The molecule has 8 nitrogen and oxygen atoms in total. The summed E-state index contributed by atoms with van der Waals surface area (Å²) in [5.74, 6) is 1.42. The summed E-state index contributed by atoms with van der Waals surface area (Å²) in [7, 11) is 0. The highest BCUT2D eigenvalue weighted by Crippen LogP contribution is 2.40. The average Bonchev–Trinajstić information content (AvgIpc) is 2.92. The van der Waals surface area contributed by atoms with E-state index in [9.17, 15) is 9.59 Å². The third-order valence-electron chi connectivity index (χ3n) is 8.17. The molecule has 1 aromatic rings. The molecule has 0 saturated carbocycles. The molecule has 6 bridgehead atoms. The lowest BCUT2D eigenvalue weighted by molar-refractivity contribution is -0.131. The number of allylic oxidation sites excluding steroid dienone is 2. The summed E-state index contributed by atoms with van der Waals surface area (Å²) in [6.07, 6.45) is 8.13. The lowest BCUT2D eigenvalue weighted by Crippen LogP contribution is -2.56. The number of nitrogens with one attached hydrogen (secondary N) is 1. The molecule has 1 saturated heterocycles. The van der Waals surface area contributed by atoms with Gasteiger partial charge in [-0.05, 0) is 57.7 Å². The smallest absolute Gasteiger partial charge is 0.247 e. The van der Waals surface area contributed by atoms with Crippen LogP contribution in [0.5, 0.6) is 5.75 Å². The number of rotatable bonds is 0. The van der Waals surface area contributed by atoms with Crippen LogP contribution in [0.25, 0.3) is 0 Å². The van der Waals surface area contributed by atoms with Crippen molar-refractivity contribution < 1.29 is 19.1 Å². The van der Waals surface area contributed by atoms with Crippen LogP contribution in [0.2, 0.25) is 0 Å². The number of carbonyl (C=O) groups excluding carboxylic acids is 2. The van der Waals surface area contributed by atoms with E-state index >= 15 is 0 Å². The Balaban J connectivity index is 0.00000189. The van der Waals surface area contributed by atoms with E-state index in [0.717, 1.165) is 37.0 Å². The van der Waals surface area contributed by atoms with Crippen LogP contribution in [-0.4, -0.2) is 47.0 Å². The lowest BCUT2D eigenvalue weighted by Gasteiger charge is -2.42. The fraction of sp³-hybridized carbons (Fsp3) is 0.545. The van der Waals surface area contributed by atoms with Gasteiger partial charge in [0.15, 0.2) is 5.96 Å². The van der Waals surface area contributed by atoms with E-state index in [1.165, 1.54) is 5.56 Å². The fourth-order valence-corrected chi connectivity index (χ4v) is 6.09. The van der Waals surface area contributed by atoms with Gasteiger partial charge in [0.1, 0.15) is 17.1 Å². The number of nitrogens with zero attached hydrogens (tertiary/aromatic N) is 2. The summed E-state index contributed by atoms with van der Waals surface area (Å²) in [4.78, 5) is 32.9. The maximum absolute atomic E-state index is 13.3. The Morgan fingerprint density at radius 2 is 1.93 bits per heavy atom. The number of benzene rings is 1. The van der Waals surface area contributed by atoms with Crippen LogP contribution >= 0.6 is 0 Å². The van der Waals surface area contributed by atoms with Gasteiger partial charge < -0.3 is 20.5 Å².